The molecular formula is C23H24FN9O4S. The maximum Gasteiger partial charge on any atom is 0.245 e. The molecule has 4 aromatic rings. The number of hydrogen-bond donors (Lipinski definition) is 1. The molecule has 1 aromatic carbocycles. The molecule has 1 atom stereocenters. The second kappa shape index (κ2) is 10.5. The van der Waals surface area contributed by atoms with Crippen molar-refractivity contribution in [1.29, 1.82) is 0 Å². The molecule has 0 radical (unpaired) electrons. The van der Waals surface area contributed by atoms with Gasteiger partial charge in [0.25, 0.3) is 0 Å². The van der Waals surface area contributed by atoms with Gasteiger partial charge in [0.05, 0.1) is 31.9 Å². The fourth-order valence-corrected chi connectivity index (χ4v) is 5.63. The molecule has 1 fully saturated rings. The first-order chi connectivity index (χ1) is 18.4. The van der Waals surface area contributed by atoms with Crippen molar-refractivity contribution in [3.05, 3.63) is 54.9 Å². The Morgan fingerprint density at radius 3 is 2.34 bits per heavy atom. The van der Waals surface area contributed by atoms with Crippen LogP contribution in [0.4, 0.5) is 16.3 Å². The van der Waals surface area contributed by atoms with Crippen LogP contribution >= 0.6 is 0 Å². The van der Waals surface area contributed by atoms with Crippen LogP contribution in [0, 0.1) is 5.82 Å². The summed E-state index contributed by atoms with van der Waals surface area (Å²) in [5.41, 5.74) is 0.889. The lowest BCUT2D eigenvalue weighted by atomic mass is 10.1. The van der Waals surface area contributed by atoms with E-state index in [9.17, 15) is 12.8 Å². The molecule has 0 spiro atoms. The van der Waals surface area contributed by atoms with Gasteiger partial charge in [-0.3, -0.25) is 9.29 Å². The van der Waals surface area contributed by atoms with E-state index in [1.54, 1.807) is 4.90 Å². The third kappa shape index (κ3) is 4.91. The number of nitrogens with one attached hydrogen (secondary N) is 1. The molecule has 0 saturated carbocycles. The molecule has 1 aliphatic heterocycles. The Morgan fingerprint density at radius 2 is 1.68 bits per heavy atom. The molecule has 38 heavy (non-hydrogen) atoms. The van der Waals surface area contributed by atoms with Gasteiger partial charge < -0.3 is 14.4 Å². The summed E-state index contributed by atoms with van der Waals surface area (Å²) < 4.78 is 55.4. The monoisotopic (exact) mass is 541 g/mol. The molecular weight excluding hydrogens is 517 g/mol. The third-order valence-electron chi connectivity index (χ3n) is 6.00. The zero-order chi connectivity index (χ0) is 26.7. The fourth-order valence-electron chi connectivity index (χ4n) is 4.23. The smallest absolute Gasteiger partial charge is 0.245 e. The second-order valence-corrected chi connectivity index (χ2v) is 10.3. The van der Waals surface area contributed by atoms with Gasteiger partial charge in [-0.25, -0.2) is 22.8 Å². The normalized spacial score (nSPS) is 15.8. The van der Waals surface area contributed by atoms with Crippen molar-refractivity contribution in [3.8, 4) is 28.8 Å². The Kier molecular flexibility index (Phi) is 7.00. The molecule has 5 rings (SSSR count). The predicted molar refractivity (Wildman–Crippen MR) is 135 cm³/mol. The number of hydrogen-bond acceptors (Lipinski definition) is 11. The predicted octanol–water partition coefficient (Wildman–Crippen LogP) is 2.08. The van der Waals surface area contributed by atoms with Gasteiger partial charge in [0.15, 0.2) is 17.3 Å². The standard InChI is InChI=1S/C23H24FN9O4S/c1-36-20-18(21(37-2)28-14-27-20)33-19(15-7-4-3-5-8-15)29-30-23(33)31-38(34,35)17-9-6-10-32(13-17)22-25-11-16(24)12-26-22/h3-5,7-8,11-12,14,17H,6,9-10,13H2,1-2H3,(H,30,31)/t17-/m1/s1. The first kappa shape index (κ1) is 25.3. The Labute approximate surface area is 217 Å². The van der Waals surface area contributed by atoms with Gasteiger partial charge in [0.1, 0.15) is 6.33 Å². The van der Waals surface area contributed by atoms with Crippen LogP contribution in [-0.2, 0) is 10.0 Å². The van der Waals surface area contributed by atoms with E-state index >= 15 is 0 Å². The van der Waals surface area contributed by atoms with Crippen molar-refractivity contribution in [3.63, 3.8) is 0 Å². The van der Waals surface area contributed by atoms with Gasteiger partial charge in [0, 0.05) is 18.7 Å². The summed E-state index contributed by atoms with van der Waals surface area (Å²) >= 11 is 0. The van der Waals surface area contributed by atoms with Crippen molar-refractivity contribution in [2.24, 2.45) is 0 Å². The van der Waals surface area contributed by atoms with Gasteiger partial charge in [-0.1, -0.05) is 30.3 Å². The minimum absolute atomic E-state index is 0.0922. The summed E-state index contributed by atoms with van der Waals surface area (Å²) in [6, 6.07) is 9.11. The van der Waals surface area contributed by atoms with E-state index in [0.29, 0.717) is 30.8 Å². The van der Waals surface area contributed by atoms with Crippen molar-refractivity contribution in [2.45, 2.75) is 18.1 Å². The van der Waals surface area contributed by atoms with Crippen LogP contribution in [-0.4, -0.2) is 75.7 Å². The van der Waals surface area contributed by atoms with Crippen molar-refractivity contribution in [1.82, 2.24) is 34.7 Å². The summed E-state index contributed by atoms with van der Waals surface area (Å²) in [5, 5.41) is 7.60. The Morgan fingerprint density at radius 1 is 1.00 bits per heavy atom. The Bertz CT molecular complexity index is 1500. The van der Waals surface area contributed by atoms with E-state index in [1.165, 1.54) is 25.1 Å². The minimum atomic E-state index is -3.99. The molecule has 0 bridgehead atoms. The van der Waals surface area contributed by atoms with E-state index in [4.69, 9.17) is 9.47 Å². The third-order valence-corrected chi connectivity index (χ3v) is 7.73. The van der Waals surface area contributed by atoms with Gasteiger partial charge >= 0.3 is 0 Å². The molecule has 13 nitrogen and oxygen atoms in total. The summed E-state index contributed by atoms with van der Waals surface area (Å²) in [6.45, 7) is 0.656. The number of benzene rings is 1. The van der Waals surface area contributed by atoms with Gasteiger partial charge in [-0.05, 0) is 12.8 Å². The number of ether oxygens (including phenoxy) is 2. The van der Waals surface area contributed by atoms with Gasteiger partial charge in [0.2, 0.25) is 33.7 Å². The van der Waals surface area contributed by atoms with Crippen LogP contribution in [0.2, 0.25) is 0 Å². The molecule has 15 heteroatoms. The molecule has 0 amide bonds. The van der Waals surface area contributed by atoms with Crippen LogP contribution in [0.1, 0.15) is 12.8 Å². The fraction of sp³-hybridized carbons (Fsp3) is 0.304. The SMILES string of the molecule is COc1ncnc(OC)c1-n1c(NS(=O)(=O)[C@@H]2CCCN(c3ncc(F)cn3)C2)nnc1-c1ccccc1. The molecule has 4 heterocycles. The Balaban J connectivity index is 1.54. The molecule has 3 aromatic heterocycles. The number of methoxy groups -OCH3 is 2. The number of anilines is 2. The first-order valence-electron chi connectivity index (χ1n) is 11.6. The van der Waals surface area contributed by atoms with E-state index in [0.717, 1.165) is 12.4 Å². The number of halogens is 1. The molecule has 1 saturated heterocycles. The topological polar surface area (TPSA) is 150 Å². The lowest BCUT2D eigenvalue weighted by Crippen LogP contribution is -2.45. The van der Waals surface area contributed by atoms with Crippen LogP contribution in [0.3, 0.4) is 0 Å². The van der Waals surface area contributed by atoms with Crippen LogP contribution in [0.5, 0.6) is 11.8 Å². The van der Waals surface area contributed by atoms with E-state index in [2.05, 4.69) is 34.9 Å². The van der Waals surface area contributed by atoms with E-state index < -0.39 is 21.1 Å². The zero-order valence-electron chi connectivity index (χ0n) is 20.5. The minimum Gasteiger partial charge on any atom is -0.479 e. The largest absolute Gasteiger partial charge is 0.479 e. The molecule has 0 aliphatic carbocycles. The number of nitrogens with zero attached hydrogens (tertiary/aromatic N) is 8. The van der Waals surface area contributed by atoms with Crippen LogP contribution in [0.15, 0.2) is 49.1 Å². The lowest BCUT2D eigenvalue weighted by Gasteiger charge is -2.32. The van der Waals surface area contributed by atoms with Crippen molar-refractivity contribution >= 4 is 21.9 Å². The highest BCUT2D eigenvalue weighted by Gasteiger charge is 2.34. The van der Waals surface area contributed by atoms with E-state index in [-0.39, 0.29) is 35.9 Å². The first-order valence-corrected chi connectivity index (χ1v) is 13.1. The molecule has 0 unspecified atom stereocenters. The maximum absolute atomic E-state index is 13.6. The number of rotatable bonds is 8. The average Bonchev–Trinajstić information content (AvgIpc) is 3.35. The van der Waals surface area contributed by atoms with Crippen LogP contribution < -0.4 is 19.1 Å². The van der Waals surface area contributed by atoms with Crippen LogP contribution in [0.25, 0.3) is 17.1 Å². The summed E-state index contributed by atoms with van der Waals surface area (Å²) in [7, 11) is -1.14. The molecule has 198 valence electrons. The van der Waals surface area contributed by atoms with E-state index in [1.807, 2.05) is 30.3 Å². The Hall–Kier alpha value is -4.40. The average molecular weight is 542 g/mol. The quantitative estimate of drug-likeness (QED) is 0.349. The zero-order valence-corrected chi connectivity index (χ0v) is 21.3. The van der Waals surface area contributed by atoms with Gasteiger partial charge in [-0.2, -0.15) is 9.97 Å². The maximum atomic E-state index is 13.6. The summed E-state index contributed by atoms with van der Waals surface area (Å²) in [6.07, 6.45) is 4.34. The molecule has 1 aliphatic rings. The molecule has 1 N–H and O–H groups in total. The number of sulfonamides is 1. The van der Waals surface area contributed by atoms with Crippen molar-refractivity contribution < 1.29 is 22.3 Å². The summed E-state index contributed by atoms with van der Waals surface area (Å²) in [4.78, 5) is 18.0. The second-order valence-electron chi connectivity index (χ2n) is 8.35. The van der Waals surface area contributed by atoms with Gasteiger partial charge in [-0.15, -0.1) is 10.2 Å². The number of aromatic nitrogens is 7. The van der Waals surface area contributed by atoms with Crippen molar-refractivity contribution in [2.75, 3.05) is 36.9 Å². The number of piperidine rings is 1. The highest BCUT2D eigenvalue weighted by atomic mass is 32.2. The highest BCUT2D eigenvalue weighted by molar-refractivity contribution is 7.93. The summed E-state index contributed by atoms with van der Waals surface area (Å²) in [5.74, 6) is 0.181. The highest BCUT2D eigenvalue weighted by Crippen LogP contribution is 2.35. The lowest BCUT2D eigenvalue weighted by molar-refractivity contribution is 0.368.